The number of fused-ring (bicyclic) bond motifs is 2. The average Bonchev–Trinajstić information content (AvgIpc) is 2.46. The van der Waals surface area contributed by atoms with Crippen LogP contribution in [-0.4, -0.2) is 11.1 Å². The lowest BCUT2D eigenvalue weighted by Crippen LogP contribution is -2.06. The Bertz CT molecular complexity index is 893. The van der Waals surface area contributed by atoms with Gasteiger partial charge in [0.15, 0.2) is 5.43 Å². The van der Waals surface area contributed by atoms with Gasteiger partial charge in [-0.2, -0.15) is 0 Å². The smallest absolute Gasteiger partial charge is 0.335 e. The van der Waals surface area contributed by atoms with Crippen LogP contribution in [-0.2, 0) is 6.42 Å². The van der Waals surface area contributed by atoms with Gasteiger partial charge in [0.25, 0.3) is 0 Å². The molecule has 3 nitrogen and oxygen atoms in total. The summed E-state index contributed by atoms with van der Waals surface area (Å²) in [4.78, 5) is 23.8. The molecule has 0 saturated carbocycles. The number of carbonyl (C=O) groups is 1. The maximum Gasteiger partial charge on any atom is 0.335 e. The molecule has 0 aliphatic rings. The first-order valence-corrected chi connectivity index (χ1v) is 7.15. The van der Waals surface area contributed by atoms with Gasteiger partial charge in [-0.25, -0.2) is 4.79 Å². The average molecular weight is 284 g/mol. The first-order chi connectivity index (χ1) is 9.61. The van der Waals surface area contributed by atoms with Crippen LogP contribution in [0.2, 0.25) is 0 Å². The first-order valence-electron chi connectivity index (χ1n) is 6.33. The van der Waals surface area contributed by atoms with Crippen molar-refractivity contribution in [3.05, 3.63) is 57.7 Å². The summed E-state index contributed by atoms with van der Waals surface area (Å²) < 4.78 is 1.63. The standard InChI is InChI=1S/C16H12O3S/c1-2-9-7-10(16(18)19)8-13-14(9)15(17)11-5-3-4-6-12(11)20-13/h3-8H,2H2,1H3,(H,18,19). The fourth-order valence-corrected chi connectivity index (χ4v) is 3.58. The number of aromatic carboxylic acids is 1. The minimum absolute atomic E-state index is 0.0110. The molecule has 0 saturated heterocycles. The molecule has 1 N–H and O–H groups in total. The van der Waals surface area contributed by atoms with Gasteiger partial charge in [0, 0.05) is 20.2 Å². The van der Waals surface area contributed by atoms with Gasteiger partial charge in [-0.1, -0.05) is 19.1 Å². The van der Waals surface area contributed by atoms with E-state index >= 15 is 0 Å². The molecule has 2 aromatic carbocycles. The third-order valence-corrected chi connectivity index (χ3v) is 4.51. The fourth-order valence-electron chi connectivity index (χ4n) is 2.41. The fraction of sp³-hybridized carbons (Fsp3) is 0.125. The zero-order valence-corrected chi connectivity index (χ0v) is 11.7. The van der Waals surface area contributed by atoms with Crippen LogP contribution < -0.4 is 5.43 Å². The molecular formula is C16H12O3S. The number of hydrogen-bond donors (Lipinski definition) is 1. The van der Waals surface area contributed by atoms with Crippen molar-refractivity contribution in [2.75, 3.05) is 0 Å². The summed E-state index contributed by atoms with van der Waals surface area (Å²) in [5, 5.41) is 10.5. The third-order valence-electron chi connectivity index (χ3n) is 3.39. The lowest BCUT2D eigenvalue weighted by atomic mass is 10.0. The first kappa shape index (κ1) is 12.8. The molecule has 1 aromatic heterocycles. The van der Waals surface area contributed by atoms with Crippen molar-refractivity contribution in [1.29, 1.82) is 0 Å². The van der Waals surface area contributed by atoms with Crippen LogP contribution in [0.1, 0.15) is 22.8 Å². The highest BCUT2D eigenvalue weighted by atomic mass is 32.1. The molecule has 0 fully saturated rings. The Hall–Kier alpha value is -2.20. The highest BCUT2D eigenvalue weighted by Gasteiger charge is 2.13. The van der Waals surface area contributed by atoms with Crippen molar-refractivity contribution in [2.24, 2.45) is 0 Å². The van der Waals surface area contributed by atoms with Crippen molar-refractivity contribution in [2.45, 2.75) is 13.3 Å². The third kappa shape index (κ3) is 1.89. The number of aryl methyl sites for hydroxylation is 1. The lowest BCUT2D eigenvalue weighted by molar-refractivity contribution is 0.0697. The summed E-state index contributed by atoms with van der Waals surface area (Å²) in [5.41, 5.74) is 1.02. The van der Waals surface area contributed by atoms with Crippen LogP contribution in [0.15, 0.2) is 41.2 Å². The molecule has 0 bridgehead atoms. The van der Waals surface area contributed by atoms with Crippen LogP contribution >= 0.6 is 11.3 Å². The molecule has 20 heavy (non-hydrogen) atoms. The summed E-state index contributed by atoms with van der Waals surface area (Å²) in [7, 11) is 0. The van der Waals surface area contributed by atoms with Crippen LogP contribution in [0.4, 0.5) is 0 Å². The molecule has 0 unspecified atom stereocenters. The zero-order chi connectivity index (χ0) is 14.3. The van der Waals surface area contributed by atoms with Crippen LogP contribution in [0.5, 0.6) is 0 Å². The summed E-state index contributed by atoms with van der Waals surface area (Å²) in [6, 6.07) is 10.6. The van der Waals surface area contributed by atoms with Crippen molar-refractivity contribution >= 4 is 37.5 Å². The number of benzene rings is 2. The minimum Gasteiger partial charge on any atom is -0.478 e. The predicted octanol–water partition coefficient (Wildman–Crippen LogP) is 3.68. The summed E-state index contributed by atoms with van der Waals surface area (Å²) in [5.74, 6) is -0.964. The Morgan fingerprint density at radius 1 is 1.20 bits per heavy atom. The van der Waals surface area contributed by atoms with E-state index in [9.17, 15) is 14.7 Å². The van der Waals surface area contributed by atoms with Gasteiger partial charge in [0.05, 0.1) is 5.56 Å². The van der Waals surface area contributed by atoms with Gasteiger partial charge < -0.3 is 5.11 Å². The maximum atomic E-state index is 12.6. The van der Waals surface area contributed by atoms with E-state index in [0.717, 1.165) is 15.0 Å². The van der Waals surface area contributed by atoms with Gasteiger partial charge in [-0.05, 0) is 36.2 Å². The molecule has 0 aliphatic heterocycles. The van der Waals surface area contributed by atoms with Crippen LogP contribution in [0.25, 0.3) is 20.2 Å². The second kappa shape index (κ2) is 4.72. The molecule has 3 aromatic rings. The molecule has 0 radical (unpaired) electrons. The van der Waals surface area contributed by atoms with E-state index in [-0.39, 0.29) is 11.0 Å². The van der Waals surface area contributed by atoms with E-state index < -0.39 is 5.97 Å². The van der Waals surface area contributed by atoms with Gasteiger partial charge >= 0.3 is 5.97 Å². The zero-order valence-electron chi connectivity index (χ0n) is 10.8. The molecule has 0 amide bonds. The predicted molar refractivity (Wildman–Crippen MR) is 81.9 cm³/mol. The van der Waals surface area contributed by atoms with E-state index in [2.05, 4.69) is 0 Å². The molecule has 3 rings (SSSR count). The number of carboxylic acid groups (broad SMARTS) is 1. The Labute approximate surface area is 119 Å². The topological polar surface area (TPSA) is 54.4 Å². The van der Waals surface area contributed by atoms with Gasteiger partial charge in [0.1, 0.15) is 0 Å². The van der Waals surface area contributed by atoms with E-state index in [0.29, 0.717) is 17.2 Å². The number of hydrogen-bond acceptors (Lipinski definition) is 3. The molecule has 1 heterocycles. The number of rotatable bonds is 2. The molecular weight excluding hydrogens is 272 g/mol. The summed E-state index contributed by atoms with van der Waals surface area (Å²) >= 11 is 1.46. The van der Waals surface area contributed by atoms with Crippen molar-refractivity contribution in [1.82, 2.24) is 0 Å². The van der Waals surface area contributed by atoms with Gasteiger partial charge in [-0.3, -0.25) is 4.79 Å². The van der Waals surface area contributed by atoms with Crippen LogP contribution in [0, 0.1) is 0 Å². The second-order valence-corrected chi connectivity index (χ2v) is 5.68. The molecule has 4 heteroatoms. The quantitative estimate of drug-likeness (QED) is 0.730. The SMILES string of the molecule is CCc1cc(C(=O)O)cc2sc3ccccc3c(=O)c12. The molecule has 100 valence electrons. The van der Waals surface area contributed by atoms with E-state index in [1.807, 2.05) is 31.2 Å². The highest BCUT2D eigenvalue weighted by Crippen LogP contribution is 2.28. The Morgan fingerprint density at radius 2 is 1.95 bits per heavy atom. The molecule has 0 spiro atoms. The van der Waals surface area contributed by atoms with E-state index in [1.165, 1.54) is 11.3 Å². The Morgan fingerprint density at radius 3 is 2.65 bits per heavy atom. The monoisotopic (exact) mass is 284 g/mol. The van der Waals surface area contributed by atoms with E-state index in [1.54, 1.807) is 12.1 Å². The number of carboxylic acids is 1. The summed E-state index contributed by atoms with van der Waals surface area (Å²) in [6.45, 7) is 1.93. The van der Waals surface area contributed by atoms with Gasteiger partial charge in [0.2, 0.25) is 0 Å². The van der Waals surface area contributed by atoms with Gasteiger partial charge in [-0.15, -0.1) is 11.3 Å². The Balaban J connectivity index is 2.54. The minimum atomic E-state index is -0.964. The normalized spacial score (nSPS) is 11.1. The van der Waals surface area contributed by atoms with Crippen molar-refractivity contribution < 1.29 is 9.90 Å². The van der Waals surface area contributed by atoms with Crippen molar-refractivity contribution in [3.8, 4) is 0 Å². The molecule has 0 atom stereocenters. The summed E-state index contributed by atoms with van der Waals surface area (Å²) in [6.07, 6.45) is 0.637. The molecule has 0 aliphatic carbocycles. The lowest BCUT2D eigenvalue weighted by Gasteiger charge is -2.07. The van der Waals surface area contributed by atoms with Crippen LogP contribution in [0.3, 0.4) is 0 Å². The largest absolute Gasteiger partial charge is 0.478 e. The van der Waals surface area contributed by atoms with Crippen molar-refractivity contribution in [3.63, 3.8) is 0 Å². The maximum absolute atomic E-state index is 12.6. The highest BCUT2D eigenvalue weighted by molar-refractivity contribution is 7.24. The second-order valence-electron chi connectivity index (χ2n) is 4.59. The Kier molecular flexibility index (Phi) is 3.03. The van der Waals surface area contributed by atoms with E-state index in [4.69, 9.17) is 0 Å².